The molecule has 2 aromatic rings. The number of piperidine rings is 1. The zero-order valence-electron chi connectivity index (χ0n) is 14.1. The molecule has 0 bridgehead atoms. The van der Waals surface area contributed by atoms with Gasteiger partial charge in [0.2, 0.25) is 5.75 Å². The lowest BCUT2D eigenvalue weighted by molar-refractivity contribution is -0.0693. The quantitative estimate of drug-likeness (QED) is 0.826. The first-order valence-corrected chi connectivity index (χ1v) is 8.64. The predicted octanol–water partition coefficient (Wildman–Crippen LogP) is 4.10. The fourth-order valence-corrected chi connectivity index (χ4v) is 3.43. The number of nitrogens with zero attached hydrogens (tertiary/aromatic N) is 1. The van der Waals surface area contributed by atoms with Gasteiger partial charge in [-0.15, -0.1) is 0 Å². The monoisotopic (exact) mass is 341 g/mol. The molecular formula is C20H20FNO3. The Hall–Kier alpha value is -2.56. The average molecular weight is 341 g/mol. The maximum atomic E-state index is 15.0. The van der Waals surface area contributed by atoms with Crippen molar-refractivity contribution < 1.29 is 18.7 Å². The van der Waals surface area contributed by atoms with E-state index >= 15 is 0 Å². The topological polar surface area (TPSA) is 38.8 Å². The second-order valence-electron chi connectivity index (χ2n) is 6.62. The molecule has 1 fully saturated rings. The summed E-state index contributed by atoms with van der Waals surface area (Å²) in [5.41, 5.74) is 0.830. The summed E-state index contributed by atoms with van der Waals surface area (Å²) < 4.78 is 26.7. The van der Waals surface area contributed by atoms with Crippen LogP contribution >= 0.6 is 0 Å². The second-order valence-corrected chi connectivity index (χ2v) is 6.62. The summed E-state index contributed by atoms with van der Waals surface area (Å²) in [6, 6.07) is 12.5. The van der Waals surface area contributed by atoms with Gasteiger partial charge in [0.1, 0.15) is 0 Å². The zero-order chi connectivity index (χ0) is 17.4. The van der Waals surface area contributed by atoms with Crippen molar-refractivity contribution >= 4 is 5.91 Å². The Bertz CT molecular complexity index is 802. The number of benzene rings is 2. The number of likely N-dealkylation sites (tertiary alicyclic amines) is 1. The summed E-state index contributed by atoms with van der Waals surface area (Å²) in [5.74, 6) is -1.70. The van der Waals surface area contributed by atoms with Gasteiger partial charge in [0.25, 0.3) is 11.7 Å². The van der Waals surface area contributed by atoms with Crippen LogP contribution in [0.25, 0.3) is 0 Å². The van der Waals surface area contributed by atoms with Crippen LogP contribution in [0.2, 0.25) is 0 Å². The molecule has 1 amide bonds. The molecule has 0 saturated carbocycles. The average Bonchev–Trinajstić information content (AvgIpc) is 3.02. The van der Waals surface area contributed by atoms with Gasteiger partial charge in [-0.1, -0.05) is 30.3 Å². The van der Waals surface area contributed by atoms with E-state index in [0.29, 0.717) is 18.8 Å². The van der Waals surface area contributed by atoms with Crippen molar-refractivity contribution in [1.29, 1.82) is 0 Å². The van der Waals surface area contributed by atoms with Gasteiger partial charge in [0.05, 0.1) is 5.56 Å². The molecule has 1 saturated heterocycles. The van der Waals surface area contributed by atoms with E-state index in [1.807, 2.05) is 30.3 Å². The highest BCUT2D eigenvalue weighted by Crippen LogP contribution is 2.46. The van der Waals surface area contributed by atoms with E-state index in [2.05, 4.69) is 0 Å². The van der Waals surface area contributed by atoms with E-state index in [1.54, 1.807) is 17.9 Å². The smallest absolute Gasteiger partial charge is 0.275 e. The van der Waals surface area contributed by atoms with Crippen LogP contribution in [0.15, 0.2) is 42.5 Å². The highest BCUT2D eigenvalue weighted by atomic mass is 19.1. The van der Waals surface area contributed by atoms with Crippen LogP contribution in [0.3, 0.4) is 0 Å². The van der Waals surface area contributed by atoms with Crippen LogP contribution in [0.1, 0.15) is 42.1 Å². The molecule has 1 unspecified atom stereocenters. The van der Waals surface area contributed by atoms with E-state index in [9.17, 15) is 9.18 Å². The number of fused-ring (bicyclic) bond motifs is 1. The Balaban J connectivity index is 1.65. The van der Waals surface area contributed by atoms with Crippen LogP contribution in [-0.4, -0.2) is 23.9 Å². The molecule has 0 aliphatic carbocycles. The Morgan fingerprint density at radius 2 is 1.76 bits per heavy atom. The van der Waals surface area contributed by atoms with Crippen molar-refractivity contribution in [3.05, 3.63) is 59.4 Å². The number of carbonyl (C=O) groups is 1. The summed E-state index contributed by atoms with van der Waals surface area (Å²) in [4.78, 5) is 14.4. The molecule has 0 spiro atoms. The Morgan fingerprint density at radius 1 is 1.04 bits per heavy atom. The molecule has 130 valence electrons. The molecule has 0 N–H and O–H groups in total. The third-order valence-corrected chi connectivity index (χ3v) is 4.83. The van der Waals surface area contributed by atoms with Crippen LogP contribution < -0.4 is 9.47 Å². The molecule has 4 nitrogen and oxygen atoms in total. The lowest BCUT2D eigenvalue weighted by Crippen LogP contribution is -2.36. The van der Waals surface area contributed by atoms with Gasteiger partial charge in [-0.05, 0) is 31.4 Å². The maximum Gasteiger partial charge on any atom is 0.275 e. The molecular weight excluding hydrogens is 321 g/mol. The number of ether oxygens (including phenoxy) is 2. The van der Waals surface area contributed by atoms with Crippen molar-refractivity contribution in [2.75, 3.05) is 13.1 Å². The number of amides is 1. The molecule has 4 rings (SSSR count). The molecule has 2 aliphatic heterocycles. The summed E-state index contributed by atoms with van der Waals surface area (Å²) in [5, 5.41) is 0. The number of carbonyl (C=O) groups excluding carboxylic acids is 1. The fraction of sp³-hybridized carbons (Fsp3) is 0.350. The number of rotatable bonds is 2. The minimum Gasteiger partial charge on any atom is -0.444 e. The normalized spacial score (nSPS) is 22.1. The van der Waals surface area contributed by atoms with Crippen molar-refractivity contribution in [2.24, 2.45) is 0 Å². The Labute approximate surface area is 146 Å². The molecule has 25 heavy (non-hydrogen) atoms. The van der Waals surface area contributed by atoms with Crippen molar-refractivity contribution in [1.82, 2.24) is 4.90 Å². The largest absolute Gasteiger partial charge is 0.444 e. The highest BCUT2D eigenvalue weighted by Gasteiger charge is 2.41. The van der Waals surface area contributed by atoms with Gasteiger partial charge in [0.15, 0.2) is 11.6 Å². The van der Waals surface area contributed by atoms with Gasteiger partial charge < -0.3 is 14.4 Å². The Kier molecular flexibility index (Phi) is 3.86. The van der Waals surface area contributed by atoms with Crippen LogP contribution in [0.4, 0.5) is 4.39 Å². The van der Waals surface area contributed by atoms with Gasteiger partial charge in [-0.3, -0.25) is 4.79 Å². The van der Waals surface area contributed by atoms with Crippen molar-refractivity contribution in [3.8, 4) is 11.5 Å². The summed E-state index contributed by atoms with van der Waals surface area (Å²) in [6.07, 6.45) is 3.04. The lowest BCUT2D eigenvalue weighted by atomic mass is 10.1. The zero-order valence-corrected chi connectivity index (χ0v) is 14.1. The minimum absolute atomic E-state index is 0.00853. The van der Waals surface area contributed by atoms with Crippen molar-refractivity contribution in [2.45, 2.75) is 32.0 Å². The number of hydrogen-bond donors (Lipinski definition) is 0. The minimum atomic E-state index is -1.10. The first-order valence-electron chi connectivity index (χ1n) is 8.64. The second kappa shape index (κ2) is 6.06. The maximum absolute atomic E-state index is 15.0. The van der Waals surface area contributed by atoms with E-state index in [0.717, 1.165) is 24.8 Å². The van der Waals surface area contributed by atoms with Gasteiger partial charge >= 0.3 is 0 Å². The molecule has 0 radical (unpaired) electrons. The SMILES string of the molecule is CC1(c2ccccc2)Oc2ccc(C(=O)N3CCCCC3)c(F)c2O1. The molecule has 1 atom stereocenters. The molecule has 5 heteroatoms. The Morgan fingerprint density at radius 3 is 2.48 bits per heavy atom. The van der Waals surface area contributed by atoms with Gasteiger partial charge in [0, 0.05) is 25.6 Å². The number of hydrogen-bond acceptors (Lipinski definition) is 3. The van der Waals surface area contributed by atoms with Gasteiger partial charge in [-0.25, -0.2) is 4.39 Å². The molecule has 2 heterocycles. The van der Waals surface area contributed by atoms with E-state index in [1.165, 1.54) is 6.07 Å². The first-order chi connectivity index (χ1) is 12.1. The fourth-order valence-electron chi connectivity index (χ4n) is 3.43. The van der Waals surface area contributed by atoms with Crippen LogP contribution in [-0.2, 0) is 5.79 Å². The summed E-state index contributed by atoms with van der Waals surface area (Å²) in [7, 11) is 0. The lowest BCUT2D eigenvalue weighted by Gasteiger charge is -2.27. The summed E-state index contributed by atoms with van der Waals surface area (Å²) in [6.45, 7) is 3.09. The molecule has 2 aliphatic rings. The molecule has 0 aromatic heterocycles. The van der Waals surface area contributed by atoms with Crippen LogP contribution in [0, 0.1) is 5.82 Å². The van der Waals surface area contributed by atoms with Gasteiger partial charge in [-0.2, -0.15) is 0 Å². The van der Waals surface area contributed by atoms with E-state index < -0.39 is 11.6 Å². The third kappa shape index (κ3) is 2.73. The predicted molar refractivity (Wildman–Crippen MR) is 91.2 cm³/mol. The molecule has 2 aromatic carbocycles. The summed E-state index contributed by atoms with van der Waals surface area (Å²) >= 11 is 0. The standard InChI is InChI=1S/C20H20FNO3/c1-20(14-8-4-2-5-9-14)24-16-11-10-15(17(21)18(16)25-20)19(23)22-12-6-3-7-13-22/h2,4-5,8-11H,3,6-7,12-13H2,1H3. The third-order valence-electron chi connectivity index (χ3n) is 4.83. The van der Waals surface area contributed by atoms with E-state index in [4.69, 9.17) is 9.47 Å². The van der Waals surface area contributed by atoms with Crippen molar-refractivity contribution in [3.63, 3.8) is 0 Å². The highest BCUT2D eigenvalue weighted by molar-refractivity contribution is 5.95. The van der Waals surface area contributed by atoms with Crippen LogP contribution in [0.5, 0.6) is 11.5 Å². The number of halogens is 1. The first kappa shape index (κ1) is 15.9. The van der Waals surface area contributed by atoms with E-state index in [-0.39, 0.29) is 17.2 Å².